The smallest absolute Gasteiger partial charge is 0.305 e. The van der Waals surface area contributed by atoms with Crippen LogP contribution in [0.15, 0.2) is 65.8 Å². The molecule has 6 fully saturated rings. The quantitative estimate of drug-likeness (QED) is 0.0492. The number of aliphatic imine (C=N–C) groups is 1. The summed E-state index contributed by atoms with van der Waals surface area (Å²) in [4.78, 5) is 166. The maximum Gasteiger partial charge on any atom is 0.305 e. The number of Topliss-reactive ketones (excluding diaryl/α,β-unsaturated/α-hetero) is 1. The van der Waals surface area contributed by atoms with Gasteiger partial charge in [-0.15, -0.1) is 11.8 Å². The number of amides is 9. The van der Waals surface area contributed by atoms with E-state index in [1.807, 2.05) is 26.0 Å². The van der Waals surface area contributed by atoms with Crippen LogP contribution in [-0.2, 0) is 60.8 Å². The van der Waals surface area contributed by atoms with Gasteiger partial charge in [0.05, 0.1) is 37.5 Å². The number of carboxylic acids is 1. The Labute approximate surface area is 475 Å². The summed E-state index contributed by atoms with van der Waals surface area (Å²) in [6.45, 7) is 2.43. The Balaban J connectivity index is 1.24. The fourth-order valence-corrected chi connectivity index (χ4v) is 12.4. The number of fused-ring (bicyclic) bond motifs is 3. The number of guanidine groups is 1. The van der Waals surface area contributed by atoms with Gasteiger partial charge in [0.1, 0.15) is 42.3 Å². The fraction of sp³-hybridized carbons (Fsp3) is 0.509. The third-order valence-corrected chi connectivity index (χ3v) is 16.5. The minimum Gasteiger partial charge on any atom is -0.481 e. The van der Waals surface area contributed by atoms with Crippen LogP contribution in [0, 0.1) is 5.92 Å². The van der Waals surface area contributed by atoms with E-state index in [1.54, 1.807) is 48.7 Å². The Hall–Kier alpha value is -7.72. The van der Waals surface area contributed by atoms with Crippen molar-refractivity contribution in [2.24, 2.45) is 28.1 Å². The average molecular weight is 1160 g/mol. The van der Waals surface area contributed by atoms with Crippen LogP contribution in [0.25, 0.3) is 10.9 Å². The molecule has 2 unspecified atom stereocenters. The van der Waals surface area contributed by atoms with Crippen molar-refractivity contribution in [2.45, 2.75) is 119 Å². The fourth-order valence-electron chi connectivity index (χ4n) is 10.3. The van der Waals surface area contributed by atoms with Crippen LogP contribution in [0.4, 0.5) is 4.79 Å². The van der Waals surface area contributed by atoms with E-state index in [-0.39, 0.29) is 81.5 Å². The van der Waals surface area contributed by atoms with Crippen molar-refractivity contribution < 1.29 is 57.8 Å². The van der Waals surface area contributed by atoms with E-state index in [0.717, 1.165) is 32.5 Å². The van der Waals surface area contributed by atoms with Crippen molar-refractivity contribution >= 4 is 105 Å². The Morgan fingerprint density at radius 3 is 2.15 bits per heavy atom. The Morgan fingerprint density at radius 2 is 1.44 bits per heavy atom. The zero-order valence-electron chi connectivity index (χ0n) is 44.9. The molecule has 1 aromatic heterocycles. The van der Waals surface area contributed by atoms with Gasteiger partial charge in [-0.05, 0) is 55.2 Å². The number of ketones is 1. The average Bonchev–Trinajstić information content (AvgIpc) is 4.20. The predicted molar refractivity (Wildman–Crippen MR) is 300 cm³/mol. The second-order valence-corrected chi connectivity index (χ2v) is 22.9. The number of para-hydroxylation sites is 1. The number of carbonyl (C=O) groups is 11. The monoisotopic (exact) mass is 1160 g/mol. The third kappa shape index (κ3) is 16.0. The number of aromatic nitrogens is 1. The molecule has 0 aliphatic carbocycles. The van der Waals surface area contributed by atoms with Crippen molar-refractivity contribution in [3.8, 4) is 0 Å². The summed E-state index contributed by atoms with van der Waals surface area (Å²) in [5.41, 5.74) is 18.9. The van der Waals surface area contributed by atoms with Gasteiger partial charge in [0.25, 0.3) is 5.24 Å². The van der Waals surface area contributed by atoms with Gasteiger partial charge >= 0.3 is 5.97 Å². The van der Waals surface area contributed by atoms with E-state index < -0.39 is 137 Å². The molecule has 81 heavy (non-hydrogen) atoms. The topological polar surface area (TPSA) is 396 Å². The number of nitrogens with zero attached hydrogens (tertiary/aromatic N) is 4. The number of hydrogen-bond donors (Lipinski definition) is 11. The molecule has 9 atom stereocenters. The van der Waals surface area contributed by atoms with Crippen LogP contribution < -0.4 is 49.1 Å². The molecular formula is C53H70N14O12S2. The molecule has 26 nitrogen and oxygen atoms in total. The third-order valence-electron chi connectivity index (χ3n) is 14.3. The molecule has 0 radical (unpaired) electrons. The Kier molecular flexibility index (Phi) is 21.1. The zero-order chi connectivity index (χ0) is 58.5. The highest BCUT2D eigenvalue weighted by atomic mass is 32.2. The molecule has 436 valence electrons. The number of aromatic amines is 1. The van der Waals surface area contributed by atoms with Crippen molar-refractivity contribution in [1.29, 1.82) is 0 Å². The molecule has 0 saturated carbocycles. The van der Waals surface area contributed by atoms with E-state index in [0.29, 0.717) is 29.3 Å². The summed E-state index contributed by atoms with van der Waals surface area (Å²) in [5, 5.41) is 25.4. The molecule has 6 aliphatic heterocycles. The summed E-state index contributed by atoms with van der Waals surface area (Å²) in [6.07, 6.45) is 1.34. The molecule has 0 spiro atoms. The zero-order valence-corrected chi connectivity index (χ0v) is 46.6. The summed E-state index contributed by atoms with van der Waals surface area (Å²) >= 11 is 1.70. The molecule has 6 aliphatic rings. The molecule has 9 rings (SSSR count). The summed E-state index contributed by atoms with van der Waals surface area (Å²) < 4.78 is 0. The van der Waals surface area contributed by atoms with Gasteiger partial charge in [-0.3, -0.25) is 57.7 Å². The summed E-state index contributed by atoms with van der Waals surface area (Å²) in [5.74, 6) is -9.13. The van der Waals surface area contributed by atoms with Crippen LogP contribution in [0.5, 0.6) is 0 Å². The number of rotatable bonds is 14. The predicted octanol–water partition coefficient (Wildman–Crippen LogP) is -1.59. The van der Waals surface area contributed by atoms with Gasteiger partial charge in [0, 0.05) is 54.5 Å². The molecule has 4 bridgehead atoms. The van der Waals surface area contributed by atoms with Crippen molar-refractivity contribution in [2.75, 3.05) is 44.2 Å². The molecule has 14 N–H and O–H groups in total. The molecule has 3 aromatic rings. The second-order valence-electron chi connectivity index (χ2n) is 20.7. The van der Waals surface area contributed by atoms with Gasteiger partial charge in [-0.25, -0.2) is 0 Å². The molecule has 28 heteroatoms. The van der Waals surface area contributed by atoms with E-state index in [9.17, 15) is 57.8 Å². The van der Waals surface area contributed by atoms with Crippen LogP contribution in [-0.4, -0.2) is 193 Å². The summed E-state index contributed by atoms with van der Waals surface area (Å²) in [7, 11) is 0. The number of carbonyl (C=O) groups excluding carboxylic acids is 10. The van der Waals surface area contributed by atoms with E-state index >= 15 is 0 Å². The second kappa shape index (κ2) is 28.1. The summed E-state index contributed by atoms with van der Waals surface area (Å²) in [6, 6.07) is 5.21. The molecule has 6 saturated heterocycles. The first-order chi connectivity index (χ1) is 38.7. The number of hydrogen-bond acceptors (Lipinski definition) is 15. The van der Waals surface area contributed by atoms with Crippen LogP contribution >= 0.6 is 23.5 Å². The molecule has 9 amide bonds. The highest BCUT2D eigenvalue weighted by molar-refractivity contribution is 8.13. The highest BCUT2D eigenvalue weighted by Gasteiger charge is 2.50. The van der Waals surface area contributed by atoms with Crippen molar-refractivity contribution in [3.05, 3.63) is 71.9 Å². The van der Waals surface area contributed by atoms with Crippen molar-refractivity contribution in [1.82, 2.24) is 51.6 Å². The molecule has 2 aromatic carbocycles. The number of H-pyrrole nitrogens is 1. The number of nitrogens with one attached hydrogen (secondary N) is 7. The standard InChI is InChI=1S/C53H70N14O12S2/c1-28(2)18-34-46(73)62-37(41(68)22-54)26-81-53(79)64-36(20-30-23-58-32-13-7-6-12-31(30)32)48(75)59-33(14-8-16-57-52(55)56)45(72)63-38-27-80-43-25-65(51(78)40(21-44(70)71)67(43)50(38)77)24-42(69)66-17-9-15-39(66)49(76)61-35(47(74)60-34)19-29-10-4-3-5-11-29/h3-7,10-13,23,28,33-40,43,58H,8-9,14-22,24-27,54H2,1-2H3,(H,59,75)(H,60,74)(H,61,76)(H,62,73)(H,63,72)(H,64,79)(H,70,71)(H4,55,56,57)/t33-,34-,35-,36-,37?,38-,39-,40-,43?/m0/s1. The first kappa shape index (κ1) is 60.9. The molecule has 7 heterocycles. The number of thioether (sulfide) groups is 2. The largest absolute Gasteiger partial charge is 0.481 e. The molecular weight excluding hydrogens is 1090 g/mol. The minimum absolute atomic E-state index is 0.0317. The van der Waals surface area contributed by atoms with Crippen LogP contribution in [0.2, 0.25) is 0 Å². The van der Waals surface area contributed by atoms with Gasteiger partial charge in [0.15, 0.2) is 11.7 Å². The lowest BCUT2D eigenvalue weighted by Gasteiger charge is -2.49. The number of piperazine rings is 1. The van der Waals surface area contributed by atoms with Crippen LogP contribution in [0.1, 0.15) is 63.5 Å². The first-order valence-electron chi connectivity index (χ1n) is 26.8. The lowest BCUT2D eigenvalue weighted by Crippen LogP contribution is -2.69. The highest BCUT2D eigenvalue weighted by Crippen LogP contribution is 2.33. The minimum atomic E-state index is -1.60. The number of aliphatic carboxylic acids is 1. The van der Waals surface area contributed by atoms with E-state index in [1.165, 1.54) is 4.90 Å². The number of benzene rings is 2. The lowest BCUT2D eigenvalue weighted by atomic mass is 10.0. The van der Waals surface area contributed by atoms with E-state index in [4.69, 9.17) is 17.2 Å². The maximum atomic E-state index is 14.6. The SMILES string of the molecule is CC(C)C[C@@H]1NC(=O)[C@H](Cc2ccccc2)NC(=O)[C@@H]2CCCN2C(=O)CN2CC3SC[C@H](NC(=O)[C@H](CCCN=C(N)N)NC(=O)[C@H](Cc4c[nH]c5ccccc45)NC(=O)SCC(C(=O)CN)NC1=O)C(=O)N3[C@@H](CC(=O)O)C2=O. The van der Waals surface area contributed by atoms with Gasteiger partial charge in [-0.2, -0.15) is 0 Å². The first-order valence-corrected chi connectivity index (χ1v) is 28.8. The Bertz CT molecular complexity index is 2890. The maximum absolute atomic E-state index is 14.6. The number of carboxylic acid groups (broad SMARTS) is 1. The number of nitrogens with two attached hydrogens (primary N) is 3. The lowest BCUT2D eigenvalue weighted by molar-refractivity contribution is -0.160. The van der Waals surface area contributed by atoms with Crippen LogP contribution in [0.3, 0.4) is 0 Å². The van der Waals surface area contributed by atoms with Gasteiger partial charge in [0.2, 0.25) is 47.3 Å². The normalized spacial score (nSPS) is 25.9. The Morgan fingerprint density at radius 1 is 0.778 bits per heavy atom. The van der Waals surface area contributed by atoms with Gasteiger partial charge < -0.3 is 73.9 Å². The van der Waals surface area contributed by atoms with Crippen molar-refractivity contribution in [3.63, 3.8) is 0 Å². The van der Waals surface area contributed by atoms with Gasteiger partial charge in [-0.1, -0.05) is 74.1 Å². The van der Waals surface area contributed by atoms with E-state index in [2.05, 4.69) is 41.9 Å².